The zero-order chi connectivity index (χ0) is 26.8. The van der Waals surface area contributed by atoms with Gasteiger partial charge in [0.1, 0.15) is 5.82 Å². The van der Waals surface area contributed by atoms with Crippen LogP contribution in [-0.4, -0.2) is 35.2 Å². The number of aryl methyl sites for hydroxylation is 2. The second-order valence-electron chi connectivity index (χ2n) is 8.74. The number of nitrogen functional groups attached to an aromatic ring is 1. The molecule has 2 aromatic carbocycles. The van der Waals surface area contributed by atoms with Crippen LogP contribution in [0.1, 0.15) is 46.1 Å². The van der Waals surface area contributed by atoms with Crippen molar-refractivity contribution in [3.63, 3.8) is 0 Å². The van der Waals surface area contributed by atoms with E-state index in [0.29, 0.717) is 33.7 Å². The summed E-state index contributed by atoms with van der Waals surface area (Å²) < 4.78 is 3.15. The minimum absolute atomic E-state index is 0.00445. The van der Waals surface area contributed by atoms with Crippen LogP contribution in [0.5, 0.6) is 0 Å². The van der Waals surface area contributed by atoms with Gasteiger partial charge in [0.2, 0.25) is 0 Å². The average Bonchev–Trinajstić information content (AvgIpc) is 3.32. The number of nitrogens with zero attached hydrogens (tertiary/aromatic N) is 6. The first-order chi connectivity index (χ1) is 18.3. The van der Waals surface area contributed by atoms with E-state index in [4.69, 9.17) is 10.7 Å². The van der Waals surface area contributed by atoms with E-state index in [0.717, 1.165) is 5.56 Å². The summed E-state index contributed by atoms with van der Waals surface area (Å²) in [6, 6.07) is 13.8. The van der Waals surface area contributed by atoms with Gasteiger partial charge >= 0.3 is 0 Å². The molecule has 1 amide bonds. The fourth-order valence-corrected chi connectivity index (χ4v) is 4.09. The zero-order valence-electron chi connectivity index (χ0n) is 21.0. The Morgan fingerprint density at radius 3 is 2.55 bits per heavy atom. The SMILES string of the molecule is Cc1cnc(C(=O)NC(C)c2nc3cccc(C#Cc4cnn(C)c4)c3c(=O)n2-c2ccccc2)c(N)n1. The van der Waals surface area contributed by atoms with E-state index >= 15 is 0 Å². The first-order valence-electron chi connectivity index (χ1n) is 11.8. The molecule has 0 aliphatic carbocycles. The zero-order valence-corrected chi connectivity index (χ0v) is 21.0. The maximum Gasteiger partial charge on any atom is 0.274 e. The summed E-state index contributed by atoms with van der Waals surface area (Å²) in [5, 5.41) is 7.37. The number of para-hydroxylation sites is 1. The summed E-state index contributed by atoms with van der Waals surface area (Å²) in [7, 11) is 1.81. The number of benzene rings is 2. The first-order valence-corrected chi connectivity index (χ1v) is 11.8. The summed E-state index contributed by atoms with van der Waals surface area (Å²) in [5.41, 5.74) is 8.56. The van der Waals surface area contributed by atoms with E-state index in [2.05, 4.69) is 32.2 Å². The highest BCUT2D eigenvalue weighted by Crippen LogP contribution is 2.21. The van der Waals surface area contributed by atoms with Crippen LogP contribution in [0.2, 0.25) is 0 Å². The second kappa shape index (κ2) is 9.99. The first kappa shape index (κ1) is 24.4. The highest BCUT2D eigenvalue weighted by molar-refractivity contribution is 5.96. The normalized spacial score (nSPS) is 11.6. The van der Waals surface area contributed by atoms with E-state index < -0.39 is 11.9 Å². The Morgan fingerprint density at radius 1 is 1.05 bits per heavy atom. The summed E-state index contributed by atoms with van der Waals surface area (Å²) in [4.78, 5) is 40.1. The van der Waals surface area contributed by atoms with Gasteiger partial charge in [0.25, 0.3) is 11.5 Å². The maximum absolute atomic E-state index is 14.0. The second-order valence-corrected chi connectivity index (χ2v) is 8.74. The molecule has 0 aliphatic heterocycles. The molecule has 188 valence electrons. The Kier molecular flexibility index (Phi) is 6.41. The molecule has 5 aromatic rings. The number of aromatic nitrogens is 6. The molecule has 0 saturated heterocycles. The van der Waals surface area contributed by atoms with Gasteiger partial charge in [-0.25, -0.2) is 15.0 Å². The molecular formula is C28H24N8O2. The van der Waals surface area contributed by atoms with E-state index in [-0.39, 0.29) is 17.1 Å². The molecule has 1 unspecified atom stereocenters. The largest absolute Gasteiger partial charge is 0.382 e. The van der Waals surface area contributed by atoms with Gasteiger partial charge in [-0.15, -0.1) is 0 Å². The van der Waals surface area contributed by atoms with Crippen LogP contribution in [0.15, 0.2) is 71.9 Å². The van der Waals surface area contributed by atoms with Gasteiger partial charge < -0.3 is 11.1 Å². The molecule has 38 heavy (non-hydrogen) atoms. The summed E-state index contributed by atoms with van der Waals surface area (Å²) in [6.07, 6.45) is 4.93. The Morgan fingerprint density at radius 2 is 1.84 bits per heavy atom. The molecule has 0 aliphatic rings. The number of anilines is 1. The van der Waals surface area contributed by atoms with Gasteiger partial charge in [0.15, 0.2) is 11.5 Å². The Balaban J connectivity index is 1.64. The molecule has 0 fully saturated rings. The van der Waals surface area contributed by atoms with Crippen LogP contribution < -0.4 is 16.6 Å². The number of hydrogen-bond acceptors (Lipinski definition) is 7. The van der Waals surface area contributed by atoms with E-state index in [1.165, 1.54) is 10.8 Å². The number of carbonyl (C=O) groups excluding carboxylic acids is 1. The van der Waals surface area contributed by atoms with Gasteiger partial charge in [0, 0.05) is 25.0 Å². The van der Waals surface area contributed by atoms with Crippen LogP contribution >= 0.6 is 0 Å². The highest BCUT2D eigenvalue weighted by atomic mass is 16.2. The minimum Gasteiger partial charge on any atom is -0.382 e. The smallest absolute Gasteiger partial charge is 0.274 e. The Hall–Kier alpha value is -5.30. The lowest BCUT2D eigenvalue weighted by Gasteiger charge is -2.20. The van der Waals surface area contributed by atoms with Gasteiger partial charge in [-0.3, -0.25) is 18.8 Å². The molecule has 3 aromatic heterocycles. The van der Waals surface area contributed by atoms with Crippen LogP contribution in [0.25, 0.3) is 16.6 Å². The molecule has 10 nitrogen and oxygen atoms in total. The number of nitrogens with one attached hydrogen (secondary N) is 1. The molecule has 5 rings (SSSR count). The number of hydrogen-bond donors (Lipinski definition) is 2. The number of fused-ring (bicyclic) bond motifs is 1. The molecule has 3 N–H and O–H groups in total. The summed E-state index contributed by atoms with van der Waals surface area (Å²) in [6.45, 7) is 3.48. The van der Waals surface area contributed by atoms with Crippen molar-refractivity contribution < 1.29 is 4.79 Å². The minimum atomic E-state index is -0.674. The lowest BCUT2D eigenvalue weighted by molar-refractivity contribution is 0.0933. The van der Waals surface area contributed by atoms with Crippen LogP contribution in [0.4, 0.5) is 5.82 Å². The number of nitrogens with two attached hydrogens (primary N) is 1. The lowest BCUT2D eigenvalue weighted by atomic mass is 10.1. The Bertz CT molecular complexity index is 1800. The number of rotatable bonds is 4. The predicted molar refractivity (Wildman–Crippen MR) is 144 cm³/mol. The van der Waals surface area contributed by atoms with Crippen LogP contribution in [0, 0.1) is 18.8 Å². The van der Waals surface area contributed by atoms with E-state index in [1.807, 2.05) is 25.2 Å². The summed E-state index contributed by atoms with van der Waals surface area (Å²) in [5.74, 6) is 6.01. The van der Waals surface area contributed by atoms with Crippen molar-refractivity contribution in [3.8, 4) is 17.5 Å². The predicted octanol–water partition coefficient (Wildman–Crippen LogP) is 2.69. The van der Waals surface area contributed by atoms with Crippen LogP contribution in [-0.2, 0) is 7.05 Å². The third-order valence-electron chi connectivity index (χ3n) is 5.85. The van der Waals surface area contributed by atoms with E-state index in [9.17, 15) is 9.59 Å². The van der Waals surface area contributed by atoms with Crippen molar-refractivity contribution in [3.05, 3.63) is 106 Å². The van der Waals surface area contributed by atoms with Gasteiger partial charge in [-0.05, 0) is 38.1 Å². The van der Waals surface area contributed by atoms with Gasteiger partial charge in [0.05, 0.1) is 40.1 Å². The quantitative estimate of drug-likeness (QED) is 0.360. The fourth-order valence-electron chi connectivity index (χ4n) is 4.09. The molecular weight excluding hydrogens is 480 g/mol. The van der Waals surface area contributed by atoms with Gasteiger partial charge in [-0.2, -0.15) is 5.10 Å². The summed E-state index contributed by atoms with van der Waals surface area (Å²) >= 11 is 0. The van der Waals surface area contributed by atoms with Crippen molar-refractivity contribution >= 4 is 22.6 Å². The van der Waals surface area contributed by atoms with Crippen molar-refractivity contribution in [1.82, 2.24) is 34.6 Å². The van der Waals surface area contributed by atoms with E-state index in [1.54, 1.807) is 61.3 Å². The molecule has 3 heterocycles. The third-order valence-corrected chi connectivity index (χ3v) is 5.85. The van der Waals surface area contributed by atoms with Crippen molar-refractivity contribution in [2.45, 2.75) is 19.9 Å². The monoisotopic (exact) mass is 504 g/mol. The number of carbonyl (C=O) groups is 1. The molecule has 0 saturated carbocycles. The van der Waals surface area contributed by atoms with Crippen molar-refractivity contribution in [2.75, 3.05) is 5.73 Å². The van der Waals surface area contributed by atoms with Crippen molar-refractivity contribution in [1.29, 1.82) is 0 Å². The van der Waals surface area contributed by atoms with Crippen LogP contribution in [0.3, 0.4) is 0 Å². The lowest BCUT2D eigenvalue weighted by Crippen LogP contribution is -2.34. The Labute approximate surface area is 218 Å². The number of amides is 1. The third kappa shape index (κ3) is 4.73. The highest BCUT2D eigenvalue weighted by Gasteiger charge is 2.22. The molecule has 10 heteroatoms. The topological polar surface area (TPSA) is 134 Å². The average molecular weight is 505 g/mol. The molecule has 0 spiro atoms. The molecule has 0 radical (unpaired) electrons. The fraction of sp³-hybridized carbons (Fsp3) is 0.143. The van der Waals surface area contributed by atoms with Gasteiger partial charge in [-0.1, -0.05) is 36.1 Å². The molecule has 0 bridgehead atoms. The standard InChI is InChI=1S/C28H24N8O2/c1-17-14-30-24(25(29)32-17)27(37)33-18(2)26-34-22-11-7-8-20(13-12-19-15-31-35(3)16-19)23(22)28(38)36(26)21-9-5-4-6-10-21/h4-11,14-16,18H,1-3H3,(H2,29,32)(H,33,37). The molecule has 1 atom stereocenters. The van der Waals surface area contributed by atoms with Crippen molar-refractivity contribution in [2.24, 2.45) is 7.05 Å². The maximum atomic E-state index is 14.0.